The summed E-state index contributed by atoms with van der Waals surface area (Å²) in [5, 5.41) is 15.3. The van der Waals surface area contributed by atoms with Crippen molar-refractivity contribution in [3.63, 3.8) is 0 Å². The van der Waals surface area contributed by atoms with Gasteiger partial charge in [-0.05, 0) is 35.4 Å². The summed E-state index contributed by atoms with van der Waals surface area (Å²) in [7, 11) is 0. The molecule has 0 radical (unpaired) electrons. The first-order chi connectivity index (χ1) is 14.9. The third-order valence-corrected chi connectivity index (χ3v) is 5.39. The molecule has 0 bridgehead atoms. The van der Waals surface area contributed by atoms with Crippen LogP contribution in [-0.4, -0.2) is 16.7 Å². The summed E-state index contributed by atoms with van der Waals surface area (Å²) in [4.78, 5) is 37.7. The van der Waals surface area contributed by atoms with Crippen LogP contribution in [0.3, 0.4) is 0 Å². The van der Waals surface area contributed by atoms with E-state index in [1.54, 1.807) is 42.5 Å². The zero-order valence-electron chi connectivity index (χ0n) is 16.3. The molecule has 31 heavy (non-hydrogen) atoms. The van der Waals surface area contributed by atoms with E-state index >= 15 is 0 Å². The lowest BCUT2D eigenvalue weighted by Crippen LogP contribution is -2.30. The Balaban J connectivity index is 1.59. The van der Waals surface area contributed by atoms with E-state index in [4.69, 9.17) is 11.6 Å². The van der Waals surface area contributed by atoms with Crippen LogP contribution < -0.4 is 10.2 Å². The molecule has 8 heteroatoms. The van der Waals surface area contributed by atoms with Crippen LogP contribution in [0.5, 0.6) is 0 Å². The Kier molecular flexibility index (Phi) is 5.68. The van der Waals surface area contributed by atoms with Gasteiger partial charge in [0.1, 0.15) is 5.69 Å². The third-order valence-electron chi connectivity index (χ3n) is 5.16. The second-order valence-corrected chi connectivity index (χ2v) is 7.61. The summed E-state index contributed by atoms with van der Waals surface area (Å²) in [6.07, 6.45) is 0.0331. The lowest BCUT2D eigenvalue weighted by atomic mass is 9.98. The van der Waals surface area contributed by atoms with Crippen molar-refractivity contribution in [3.8, 4) is 0 Å². The molecule has 3 aromatic rings. The number of hydrogen-bond acceptors (Lipinski definition) is 5. The molecule has 3 aromatic carbocycles. The van der Waals surface area contributed by atoms with Gasteiger partial charge in [-0.15, -0.1) is 0 Å². The summed E-state index contributed by atoms with van der Waals surface area (Å²) in [5.74, 6) is -1.36. The maximum Gasteiger partial charge on any atom is 0.294 e. The van der Waals surface area contributed by atoms with Crippen LogP contribution in [-0.2, 0) is 16.1 Å². The van der Waals surface area contributed by atoms with Crippen molar-refractivity contribution in [2.24, 2.45) is 0 Å². The number of anilines is 2. The fourth-order valence-corrected chi connectivity index (χ4v) is 3.87. The molecule has 1 unspecified atom stereocenters. The van der Waals surface area contributed by atoms with E-state index in [1.165, 1.54) is 18.2 Å². The van der Waals surface area contributed by atoms with Crippen LogP contribution in [0.15, 0.2) is 72.8 Å². The predicted octanol–water partition coefficient (Wildman–Crippen LogP) is 4.91. The Bertz CT molecular complexity index is 1170. The molecule has 0 aromatic heterocycles. The zero-order valence-corrected chi connectivity index (χ0v) is 17.1. The van der Waals surface area contributed by atoms with Crippen LogP contribution in [0.2, 0.25) is 5.02 Å². The van der Waals surface area contributed by atoms with Crippen LogP contribution in [0, 0.1) is 10.1 Å². The van der Waals surface area contributed by atoms with Crippen molar-refractivity contribution in [1.29, 1.82) is 0 Å². The third kappa shape index (κ3) is 4.27. The van der Waals surface area contributed by atoms with Crippen LogP contribution >= 0.6 is 11.6 Å². The van der Waals surface area contributed by atoms with Crippen molar-refractivity contribution in [2.45, 2.75) is 18.9 Å². The number of nitro groups is 1. The van der Waals surface area contributed by atoms with Gasteiger partial charge in [0.2, 0.25) is 11.8 Å². The molecule has 1 saturated heterocycles. The van der Waals surface area contributed by atoms with Gasteiger partial charge in [0.15, 0.2) is 0 Å². The minimum atomic E-state index is -0.589. The number of carbonyl (C=O) groups excluding carboxylic acids is 2. The van der Waals surface area contributed by atoms with Gasteiger partial charge in [0.25, 0.3) is 5.69 Å². The van der Waals surface area contributed by atoms with E-state index in [0.717, 1.165) is 16.0 Å². The second kappa shape index (κ2) is 8.57. The first-order valence-corrected chi connectivity index (χ1v) is 10.0. The van der Waals surface area contributed by atoms with Crippen LogP contribution in [0.1, 0.15) is 23.5 Å². The minimum Gasteiger partial charge on any atom is -0.375 e. The Morgan fingerprint density at radius 3 is 2.52 bits per heavy atom. The van der Waals surface area contributed by atoms with Gasteiger partial charge in [0, 0.05) is 24.1 Å². The smallest absolute Gasteiger partial charge is 0.294 e. The minimum absolute atomic E-state index is 0.0331. The van der Waals surface area contributed by atoms with Gasteiger partial charge >= 0.3 is 0 Å². The number of amides is 2. The number of halogens is 1. The average molecular weight is 436 g/mol. The quantitative estimate of drug-likeness (QED) is 0.337. The molecule has 0 spiro atoms. The van der Waals surface area contributed by atoms with Gasteiger partial charge in [-0.3, -0.25) is 19.7 Å². The summed E-state index contributed by atoms with van der Waals surface area (Å²) in [6.45, 7) is 0.332. The highest BCUT2D eigenvalue weighted by Gasteiger charge is 2.40. The van der Waals surface area contributed by atoms with Gasteiger partial charge in [-0.1, -0.05) is 54.1 Å². The average Bonchev–Trinajstić information content (AvgIpc) is 3.07. The van der Waals surface area contributed by atoms with E-state index in [0.29, 0.717) is 11.6 Å². The first kappa shape index (κ1) is 20.6. The fraction of sp³-hybridized carbons (Fsp3) is 0.130. The highest BCUT2D eigenvalue weighted by Crippen LogP contribution is 2.36. The normalized spacial score (nSPS) is 15.9. The number of rotatable bonds is 6. The number of carbonyl (C=O) groups is 2. The van der Waals surface area contributed by atoms with Crippen LogP contribution in [0.25, 0.3) is 0 Å². The summed E-state index contributed by atoms with van der Waals surface area (Å²) in [6, 6.07) is 20.5. The maximum absolute atomic E-state index is 12.9. The van der Waals surface area contributed by atoms with Crippen molar-refractivity contribution in [3.05, 3.63) is 99.1 Å². The van der Waals surface area contributed by atoms with E-state index in [9.17, 15) is 19.7 Å². The topological polar surface area (TPSA) is 92.6 Å². The molecule has 1 heterocycles. The molecule has 1 aliphatic heterocycles. The molecule has 156 valence electrons. The van der Waals surface area contributed by atoms with E-state index < -0.39 is 10.8 Å². The lowest BCUT2D eigenvalue weighted by molar-refractivity contribution is -0.383. The number of nitrogens with zero attached hydrogens (tertiary/aromatic N) is 2. The molecule has 4 rings (SSSR count). The first-order valence-electron chi connectivity index (χ1n) is 9.62. The monoisotopic (exact) mass is 435 g/mol. The van der Waals surface area contributed by atoms with Crippen molar-refractivity contribution < 1.29 is 14.5 Å². The highest BCUT2D eigenvalue weighted by atomic mass is 35.5. The van der Waals surface area contributed by atoms with Crippen LogP contribution in [0.4, 0.5) is 17.1 Å². The largest absolute Gasteiger partial charge is 0.375 e. The SMILES string of the molecule is O=C1CC(c2ccccc2)C(=O)N1c1ccc(NCc2cccc(Cl)c2)c([N+](=O)[O-])c1. The van der Waals surface area contributed by atoms with Gasteiger partial charge in [0.05, 0.1) is 16.5 Å². The molecule has 1 atom stereocenters. The molecule has 1 N–H and O–H groups in total. The van der Waals surface area contributed by atoms with Gasteiger partial charge in [-0.2, -0.15) is 0 Å². The summed E-state index contributed by atoms with van der Waals surface area (Å²) in [5.41, 5.74) is 1.86. The maximum atomic E-state index is 12.9. The number of hydrogen-bond donors (Lipinski definition) is 1. The molecule has 1 aliphatic rings. The Hall–Kier alpha value is -3.71. The van der Waals surface area contributed by atoms with Gasteiger partial charge < -0.3 is 5.32 Å². The highest BCUT2D eigenvalue weighted by molar-refractivity contribution is 6.30. The molecule has 2 amide bonds. The molecule has 0 aliphatic carbocycles. The summed E-state index contributed by atoms with van der Waals surface area (Å²) >= 11 is 5.98. The Labute approximate surface area is 183 Å². The fourth-order valence-electron chi connectivity index (χ4n) is 3.65. The number of nitrogens with one attached hydrogen (secondary N) is 1. The van der Waals surface area contributed by atoms with Gasteiger partial charge in [-0.25, -0.2) is 4.90 Å². The van der Waals surface area contributed by atoms with Crippen molar-refractivity contribution in [1.82, 2.24) is 0 Å². The van der Waals surface area contributed by atoms with E-state index in [-0.39, 0.29) is 35.3 Å². The Morgan fingerprint density at radius 2 is 1.81 bits per heavy atom. The molecule has 1 fully saturated rings. The molecular weight excluding hydrogens is 418 g/mol. The zero-order chi connectivity index (χ0) is 22.0. The second-order valence-electron chi connectivity index (χ2n) is 7.18. The van der Waals surface area contributed by atoms with Crippen molar-refractivity contribution in [2.75, 3.05) is 10.2 Å². The van der Waals surface area contributed by atoms with E-state index in [1.807, 2.05) is 12.1 Å². The number of benzene rings is 3. The van der Waals surface area contributed by atoms with E-state index in [2.05, 4.69) is 5.32 Å². The van der Waals surface area contributed by atoms with Crippen molar-refractivity contribution >= 4 is 40.5 Å². The number of nitro benzene ring substituents is 1. The number of imide groups is 1. The predicted molar refractivity (Wildman–Crippen MR) is 118 cm³/mol. The summed E-state index contributed by atoms with van der Waals surface area (Å²) < 4.78 is 0. The standard InChI is InChI=1S/C23H18ClN3O4/c24-17-8-4-5-15(11-17)14-25-20-10-9-18(12-21(20)27(30)31)26-22(28)13-19(23(26)29)16-6-2-1-3-7-16/h1-12,19,25H,13-14H2. The Morgan fingerprint density at radius 1 is 1.03 bits per heavy atom. The molecule has 0 saturated carbocycles. The molecular formula is C23H18ClN3O4. The molecule has 7 nitrogen and oxygen atoms in total. The lowest BCUT2D eigenvalue weighted by Gasteiger charge is -2.16.